The monoisotopic (exact) mass is 254 g/mol. The highest BCUT2D eigenvalue weighted by molar-refractivity contribution is 4.93. The van der Waals surface area contributed by atoms with Crippen LogP contribution in [0.2, 0.25) is 0 Å². The van der Waals surface area contributed by atoms with Crippen LogP contribution in [0.15, 0.2) is 0 Å². The highest BCUT2D eigenvalue weighted by Crippen LogP contribution is 2.27. The lowest BCUT2D eigenvalue weighted by Crippen LogP contribution is -2.49. The van der Waals surface area contributed by atoms with E-state index in [4.69, 9.17) is 0 Å². The van der Waals surface area contributed by atoms with E-state index in [2.05, 4.69) is 31.0 Å². The van der Waals surface area contributed by atoms with Gasteiger partial charge in [0.25, 0.3) is 0 Å². The van der Waals surface area contributed by atoms with Gasteiger partial charge in [0.1, 0.15) is 0 Å². The van der Waals surface area contributed by atoms with Crippen LogP contribution in [0.3, 0.4) is 0 Å². The molecule has 0 spiro atoms. The van der Waals surface area contributed by atoms with E-state index >= 15 is 0 Å². The fourth-order valence-corrected chi connectivity index (χ4v) is 3.19. The highest BCUT2D eigenvalue weighted by atomic mass is 16.3. The lowest BCUT2D eigenvalue weighted by Gasteiger charge is -2.34. The summed E-state index contributed by atoms with van der Waals surface area (Å²) >= 11 is 0. The van der Waals surface area contributed by atoms with E-state index in [1.807, 2.05) is 0 Å². The van der Waals surface area contributed by atoms with Gasteiger partial charge in [-0.15, -0.1) is 0 Å². The first-order chi connectivity index (χ1) is 8.54. The molecule has 0 bridgehead atoms. The molecule has 2 aliphatic rings. The van der Waals surface area contributed by atoms with Crippen molar-refractivity contribution in [1.29, 1.82) is 0 Å². The smallest absolute Gasteiger partial charge is 0.0611 e. The molecule has 2 atom stereocenters. The molecule has 1 aliphatic carbocycles. The fourth-order valence-electron chi connectivity index (χ4n) is 3.19. The number of nitrogens with zero attached hydrogens (tertiary/aromatic N) is 1. The summed E-state index contributed by atoms with van der Waals surface area (Å²) in [5, 5.41) is 13.2. The lowest BCUT2D eigenvalue weighted by atomic mass is 9.97. The first kappa shape index (κ1) is 14.3. The molecule has 0 aromatic carbocycles. The predicted octanol–water partition coefficient (Wildman–Crippen LogP) is 2.00. The molecule has 2 fully saturated rings. The summed E-state index contributed by atoms with van der Waals surface area (Å²) in [6.07, 6.45) is 6.32. The van der Waals surface area contributed by atoms with Crippen molar-refractivity contribution >= 4 is 0 Å². The van der Waals surface area contributed by atoms with Gasteiger partial charge in [0.2, 0.25) is 0 Å². The summed E-state index contributed by atoms with van der Waals surface area (Å²) in [6.45, 7) is 9.45. The van der Waals surface area contributed by atoms with Gasteiger partial charge in [0, 0.05) is 24.2 Å². The molecular weight excluding hydrogens is 224 g/mol. The van der Waals surface area contributed by atoms with Crippen LogP contribution in [0.4, 0.5) is 0 Å². The van der Waals surface area contributed by atoms with E-state index in [9.17, 15) is 5.11 Å². The van der Waals surface area contributed by atoms with Gasteiger partial charge in [-0.05, 0) is 51.5 Å². The molecule has 18 heavy (non-hydrogen) atoms. The zero-order chi connectivity index (χ0) is 13.2. The molecule has 2 unspecified atom stereocenters. The van der Waals surface area contributed by atoms with Crippen molar-refractivity contribution in [3.63, 3.8) is 0 Å². The second-order valence-corrected chi connectivity index (χ2v) is 6.88. The van der Waals surface area contributed by atoms with Crippen LogP contribution in [0, 0.1) is 5.92 Å². The Hall–Kier alpha value is -0.120. The average molecular weight is 254 g/mol. The Morgan fingerprint density at radius 3 is 2.61 bits per heavy atom. The molecule has 0 amide bonds. The van der Waals surface area contributed by atoms with E-state index in [1.54, 1.807) is 0 Å². The molecule has 0 radical (unpaired) electrons. The second-order valence-electron chi connectivity index (χ2n) is 6.88. The molecule has 2 rings (SSSR count). The summed E-state index contributed by atoms with van der Waals surface area (Å²) in [5.74, 6) is 0.754. The Bertz CT molecular complexity index is 265. The van der Waals surface area contributed by atoms with Crippen LogP contribution in [-0.2, 0) is 0 Å². The van der Waals surface area contributed by atoms with Crippen LogP contribution in [-0.4, -0.2) is 47.3 Å². The van der Waals surface area contributed by atoms with Crippen molar-refractivity contribution in [3.05, 3.63) is 0 Å². The van der Waals surface area contributed by atoms with Gasteiger partial charge in [0.15, 0.2) is 0 Å². The lowest BCUT2D eigenvalue weighted by molar-refractivity contribution is 0.131. The number of rotatable bonds is 7. The van der Waals surface area contributed by atoms with Crippen molar-refractivity contribution in [3.8, 4) is 0 Å². The summed E-state index contributed by atoms with van der Waals surface area (Å²) in [4.78, 5) is 2.63. The first-order valence-electron chi connectivity index (χ1n) is 7.67. The Labute approximate surface area is 112 Å². The fraction of sp³-hybridized carbons (Fsp3) is 1.00. The largest absolute Gasteiger partial charge is 0.394 e. The van der Waals surface area contributed by atoms with Crippen molar-refractivity contribution in [1.82, 2.24) is 10.2 Å². The number of likely N-dealkylation sites (tertiary alicyclic amines) is 1. The van der Waals surface area contributed by atoms with Gasteiger partial charge in [-0.3, -0.25) is 0 Å². The topological polar surface area (TPSA) is 35.5 Å². The first-order valence-corrected chi connectivity index (χ1v) is 7.67. The van der Waals surface area contributed by atoms with Gasteiger partial charge in [-0.2, -0.15) is 0 Å². The van der Waals surface area contributed by atoms with Gasteiger partial charge in [-0.25, -0.2) is 0 Å². The minimum Gasteiger partial charge on any atom is -0.394 e. The zero-order valence-corrected chi connectivity index (χ0v) is 12.3. The molecule has 2 N–H and O–H groups in total. The Balaban J connectivity index is 1.81. The van der Waals surface area contributed by atoms with Gasteiger partial charge in [0.05, 0.1) is 6.61 Å². The maximum absolute atomic E-state index is 9.63. The van der Waals surface area contributed by atoms with Crippen LogP contribution >= 0.6 is 0 Å². The summed E-state index contributed by atoms with van der Waals surface area (Å²) in [7, 11) is 0. The number of nitrogens with one attached hydrogen (secondary N) is 1. The number of hydrogen-bond donors (Lipinski definition) is 2. The van der Waals surface area contributed by atoms with Crippen LogP contribution in [0.25, 0.3) is 0 Å². The molecule has 1 aliphatic heterocycles. The second kappa shape index (κ2) is 5.89. The van der Waals surface area contributed by atoms with E-state index < -0.39 is 0 Å². The zero-order valence-electron chi connectivity index (χ0n) is 12.3. The SMILES string of the molecule is CC(C)C1CCCN1CCC(C)(CO)NC1CC1. The summed E-state index contributed by atoms with van der Waals surface area (Å²) < 4.78 is 0. The van der Waals surface area contributed by atoms with E-state index in [1.165, 1.54) is 32.2 Å². The number of aliphatic hydroxyl groups is 1. The van der Waals surface area contributed by atoms with Crippen molar-refractivity contribution < 1.29 is 5.11 Å². The molecule has 1 saturated heterocycles. The molecule has 1 saturated carbocycles. The van der Waals surface area contributed by atoms with Crippen LogP contribution < -0.4 is 5.32 Å². The highest BCUT2D eigenvalue weighted by Gasteiger charge is 2.34. The average Bonchev–Trinajstić information content (AvgIpc) is 3.00. The quantitative estimate of drug-likeness (QED) is 0.729. The van der Waals surface area contributed by atoms with Gasteiger partial charge >= 0.3 is 0 Å². The molecule has 0 aromatic rings. The van der Waals surface area contributed by atoms with Crippen molar-refractivity contribution in [2.24, 2.45) is 5.92 Å². The molecule has 106 valence electrons. The molecule has 1 heterocycles. The van der Waals surface area contributed by atoms with E-state index in [0.29, 0.717) is 6.04 Å². The Kier molecular flexibility index (Phi) is 4.68. The molecular formula is C15H30N2O. The van der Waals surface area contributed by atoms with Gasteiger partial charge < -0.3 is 15.3 Å². The van der Waals surface area contributed by atoms with Crippen LogP contribution in [0.1, 0.15) is 52.9 Å². The van der Waals surface area contributed by atoms with Crippen LogP contribution in [0.5, 0.6) is 0 Å². The number of hydrogen-bond acceptors (Lipinski definition) is 3. The number of aliphatic hydroxyl groups excluding tert-OH is 1. The summed E-state index contributed by atoms with van der Waals surface area (Å²) in [5.41, 5.74) is -0.0781. The minimum absolute atomic E-state index is 0.0781. The molecule has 0 aromatic heterocycles. The molecule has 3 heteroatoms. The Morgan fingerprint density at radius 1 is 1.33 bits per heavy atom. The predicted molar refractivity (Wildman–Crippen MR) is 75.7 cm³/mol. The third kappa shape index (κ3) is 3.69. The maximum Gasteiger partial charge on any atom is 0.0611 e. The van der Waals surface area contributed by atoms with E-state index in [0.717, 1.165) is 24.9 Å². The normalized spacial score (nSPS) is 28.8. The standard InChI is InChI=1S/C15H30N2O/c1-12(2)14-5-4-9-17(14)10-8-15(3,11-18)16-13-6-7-13/h12-14,16,18H,4-11H2,1-3H3. The Morgan fingerprint density at radius 2 is 2.06 bits per heavy atom. The summed E-state index contributed by atoms with van der Waals surface area (Å²) in [6, 6.07) is 1.43. The third-order valence-corrected chi connectivity index (χ3v) is 4.61. The van der Waals surface area contributed by atoms with E-state index in [-0.39, 0.29) is 12.1 Å². The minimum atomic E-state index is -0.0781. The van der Waals surface area contributed by atoms with Crippen molar-refractivity contribution in [2.45, 2.75) is 70.5 Å². The molecule has 3 nitrogen and oxygen atoms in total. The van der Waals surface area contributed by atoms with Crippen molar-refractivity contribution in [2.75, 3.05) is 19.7 Å². The van der Waals surface area contributed by atoms with Gasteiger partial charge in [-0.1, -0.05) is 13.8 Å². The third-order valence-electron chi connectivity index (χ3n) is 4.61. The maximum atomic E-state index is 9.63.